The van der Waals surface area contributed by atoms with Gasteiger partial charge in [-0.1, -0.05) is 31.0 Å². The maximum absolute atomic E-state index is 12.7. The van der Waals surface area contributed by atoms with E-state index in [1.165, 1.54) is 12.1 Å². The minimum Gasteiger partial charge on any atom is -0.457 e. The first kappa shape index (κ1) is 18.0. The topological polar surface area (TPSA) is 9.23 Å². The fraction of sp³-hybridized carbons (Fsp3) is 0.294. The number of alkyl halides is 3. The van der Waals surface area contributed by atoms with Crippen LogP contribution in [-0.2, 0) is 6.18 Å². The average molecular weight is 361 g/mol. The molecule has 0 radical (unpaired) electrons. The van der Waals surface area contributed by atoms with E-state index in [1.807, 2.05) is 0 Å². The van der Waals surface area contributed by atoms with Crippen LogP contribution in [0.25, 0.3) is 0 Å². The van der Waals surface area contributed by atoms with Gasteiger partial charge in [0.2, 0.25) is 0 Å². The van der Waals surface area contributed by atoms with Crippen LogP contribution in [0, 0.1) is 0 Å². The Bertz CT molecular complexity index is 659. The number of halogens is 4. The first-order valence-electron chi connectivity index (χ1n) is 7.17. The van der Waals surface area contributed by atoms with Gasteiger partial charge in [0.25, 0.3) is 0 Å². The summed E-state index contributed by atoms with van der Waals surface area (Å²) in [4.78, 5) is 0.865. The molecule has 0 fully saturated rings. The number of rotatable bonds is 6. The molecule has 0 unspecified atom stereocenters. The molecule has 23 heavy (non-hydrogen) atoms. The number of hydrogen-bond donors (Lipinski definition) is 0. The molecule has 0 aliphatic heterocycles. The second kappa shape index (κ2) is 7.97. The lowest BCUT2D eigenvalue weighted by Crippen LogP contribution is -2.04. The van der Waals surface area contributed by atoms with Crippen molar-refractivity contribution in [3.63, 3.8) is 0 Å². The van der Waals surface area contributed by atoms with Crippen molar-refractivity contribution in [2.75, 3.05) is 5.75 Å². The van der Waals surface area contributed by atoms with Gasteiger partial charge in [0, 0.05) is 4.90 Å². The number of unbranched alkanes of at least 4 members (excludes halogenated alkanes) is 1. The van der Waals surface area contributed by atoms with Crippen molar-refractivity contribution in [3.8, 4) is 11.5 Å². The van der Waals surface area contributed by atoms with Crippen molar-refractivity contribution in [1.82, 2.24) is 0 Å². The van der Waals surface area contributed by atoms with E-state index in [0.29, 0.717) is 10.8 Å². The molecule has 2 aromatic carbocycles. The zero-order chi connectivity index (χ0) is 16.9. The number of thioether (sulfide) groups is 1. The lowest BCUT2D eigenvalue weighted by atomic mass is 10.2. The highest BCUT2D eigenvalue weighted by Gasteiger charge is 2.30. The Balaban J connectivity index is 2.15. The van der Waals surface area contributed by atoms with Crippen LogP contribution >= 0.6 is 23.4 Å². The zero-order valence-corrected chi connectivity index (χ0v) is 14.1. The molecule has 0 saturated carbocycles. The highest BCUT2D eigenvalue weighted by atomic mass is 35.5. The minimum atomic E-state index is -4.39. The molecular formula is C17H16ClF3OS. The monoisotopic (exact) mass is 360 g/mol. The van der Waals surface area contributed by atoms with Crippen molar-refractivity contribution >= 4 is 23.4 Å². The van der Waals surface area contributed by atoms with E-state index in [4.69, 9.17) is 16.3 Å². The summed E-state index contributed by atoms with van der Waals surface area (Å²) in [6.07, 6.45) is -2.23. The average Bonchev–Trinajstić information content (AvgIpc) is 2.50. The highest BCUT2D eigenvalue weighted by Crippen LogP contribution is 2.35. The number of hydrogen-bond acceptors (Lipinski definition) is 2. The molecule has 2 rings (SSSR count). The fourth-order valence-corrected chi connectivity index (χ4v) is 3.20. The van der Waals surface area contributed by atoms with Crippen LogP contribution in [0.2, 0.25) is 5.02 Å². The van der Waals surface area contributed by atoms with Crippen LogP contribution in [0.1, 0.15) is 25.3 Å². The molecule has 0 heterocycles. The van der Waals surface area contributed by atoms with Crippen LogP contribution in [0.4, 0.5) is 13.2 Å². The van der Waals surface area contributed by atoms with E-state index in [0.717, 1.165) is 35.6 Å². The Morgan fingerprint density at radius 3 is 2.52 bits per heavy atom. The summed E-state index contributed by atoms with van der Waals surface area (Å²) in [6.45, 7) is 2.11. The molecule has 6 heteroatoms. The standard InChI is InChI=1S/C17H16ClF3OS/c1-2-3-9-23-16-11-14(7-8-15(16)18)22-13-6-4-5-12(10-13)17(19,20)21/h4-8,10-11H,2-3,9H2,1H3. The fourth-order valence-electron chi connectivity index (χ4n) is 1.86. The minimum absolute atomic E-state index is 0.145. The number of ether oxygens (including phenoxy) is 1. The third-order valence-corrected chi connectivity index (χ3v) is 4.64. The molecule has 0 atom stereocenters. The lowest BCUT2D eigenvalue weighted by molar-refractivity contribution is -0.137. The second-order valence-electron chi connectivity index (χ2n) is 4.92. The van der Waals surface area contributed by atoms with Gasteiger partial charge in [-0.2, -0.15) is 13.2 Å². The van der Waals surface area contributed by atoms with E-state index < -0.39 is 11.7 Å². The molecule has 0 aromatic heterocycles. The zero-order valence-electron chi connectivity index (χ0n) is 12.5. The molecule has 0 spiro atoms. The van der Waals surface area contributed by atoms with E-state index >= 15 is 0 Å². The molecule has 0 saturated heterocycles. The quantitative estimate of drug-likeness (QED) is 0.403. The highest BCUT2D eigenvalue weighted by molar-refractivity contribution is 7.99. The molecule has 0 aliphatic carbocycles. The third kappa shape index (κ3) is 5.36. The van der Waals surface area contributed by atoms with Crippen molar-refractivity contribution in [1.29, 1.82) is 0 Å². The molecule has 0 aliphatic rings. The molecule has 2 aromatic rings. The van der Waals surface area contributed by atoms with Gasteiger partial charge in [0.1, 0.15) is 11.5 Å². The van der Waals surface area contributed by atoms with Gasteiger partial charge in [-0.25, -0.2) is 0 Å². The van der Waals surface area contributed by atoms with Crippen molar-refractivity contribution in [2.45, 2.75) is 30.8 Å². The van der Waals surface area contributed by atoms with Crippen LogP contribution in [0.3, 0.4) is 0 Å². The summed E-state index contributed by atoms with van der Waals surface area (Å²) >= 11 is 7.75. The van der Waals surface area contributed by atoms with Gasteiger partial charge in [0.05, 0.1) is 10.6 Å². The predicted molar refractivity (Wildman–Crippen MR) is 88.6 cm³/mol. The Labute approximate surface area is 142 Å². The van der Waals surface area contributed by atoms with Crippen LogP contribution < -0.4 is 4.74 Å². The van der Waals surface area contributed by atoms with Crippen LogP contribution in [0.5, 0.6) is 11.5 Å². The largest absolute Gasteiger partial charge is 0.457 e. The molecule has 0 amide bonds. The molecule has 0 bridgehead atoms. The Morgan fingerprint density at radius 1 is 1.09 bits per heavy atom. The van der Waals surface area contributed by atoms with E-state index in [2.05, 4.69) is 6.92 Å². The second-order valence-corrected chi connectivity index (χ2v) is 6.47. The van der Waals surface area contributed by atoms with Crippen LogP contribution in [0.15, 0.2) is 47.4 Å². The van der Waals surface area contributed by atoms with Crippen molar-refractivity contribution in [3.05, 3.63) is 53.1 Å². The maximum Gasteiger partial charge on any atom is 0.416 e. The third-order valence-electron chi connectivity index (χ3n) is 3.06. The van der Waals surface area contributed by atoms with Crippen molar-refractivity contribution in [2.24, 2.45) is 0 Å². The Morgan fingerprint density at radius 2 is 1.83 bits per heavy atom. The Kier molecular flexibility index (Phi) is 6.25. The Hall–Kier alpha value is -1.33. The van der Waals surface area contributed by atoms with Crippen molar-refractivity contribution < 1.29 is 17.9 Å². The smallest absolute Gasteiger partial charge is 0.416 e. The molecular weight excluding hydrogens is 345 g/mol. The van der Waals surface area contributed by atoms with Gasteiger partial charge in [-0.15, -0.1) is 11.8 Å². The molecule has 0 N–H and O–H groups in total. The summed E-state index contributed by atoms with van der Waals surface area (Å²) in [5.74, 6) is 1.54. The van der Waals surface area contributed by atoms with Crippen LogP contribution in [-0.4, -0.2) is 5.75 Å². The predicted octanol–water partition coefficient (Wildman–Crippen LogP) is 7.04. The van der Waals surface area contributed by atoms with Gasteiger partial charge >= 0.3 is 6.18 Å². The summed E-state index contributed by atoms with van der Waals surface area (Å²) < 4.78 is 43.7. The van der Waals surface area contributed by atoms with Gasteiger partial charge in [-0.05, 0) is 48.6 Å². The number of benzene rings is 2. The molecule has 1 nitrogen and oxygen atoms in total. The summed E-state index contributed by atoms with van der Waals surface area (Å²) in [7, 11) is 0. The normalized spacial score (nSPS) is 11.5. The summed E-state index contributed by atoms with van der Waals surface area (Å²) in [5.41, 5.74) is -0.735. The van der Waals surface area contributed by atoms with E-state index in [-0.39, 0.29) is 5.75 Å². The molecule has 124 valence electrons. The maximum atomic E-state index is 12.7. The lowest BCUT2D eigenvalue weighted by Gasteiger charge is -2.11. The summed E-state index contributed by atoms with van der Waals surface area (Å²) in [6, 6.07) is 9.91. The van der Waals surface area contributed by atoms with Gasteiger partial charge in [0.15, 0.2) is 0 Å². The SMILES string of the molecule is CCCCSc1cc(Oc2cccc(C(F)(F)F)c2)ccc1Cl. The first-order valence-corrected chi connectivity index (χ1v) is 8.54. The summed E-state index contributed by atoms with van der Waals surface area (Å²) in [5, 5.41) is 0.613. The van der Waals surface area contributed by atoms with E-state index in [9.17, 15) is 13.2 Å². The van der Waals surface area contributed by atoms with Gasteiger partial charge in [-0.3, -0.25) is 0 Å². The van der Waals surface area contributed by atoms with E-state index in [1.54, 1.807) is 30.0 Å². The van der Waals surface area contributed by atoms with Gasteiger partial charge < -0.3 is 4.74 Å². The first-order chi connectivity index (χ1) is 10.9.